The van der Waals surface area contributed by atoms with E-state index in [4.69, 9.17) is 5.73 Å². The Morgan fingerprint density at radius 2 is 1.84 bits per heavy atom. The lowest BCUT2D eigenvalue weighted by molar-refractivity contribution is 0.192. The zero-order valence-electron chi connectivity index (χ0n) is 11.5. The molecule has 106 valence electrons. The molecular weight excluding hydrogens is 259 g/mol. The predicted molar refractivity (Wildman–Crippen MR) is 80.0 cm³/mol. The number of rotatable bonds is 5. The molecule has 4 heteroatoms. The van der Waals surface area contributed by atoms with Gasteiger partial charge in [-0.15, -0.1) is 11.8 Å². The summed E-state index contributed by atoms with van der Waals surface area (Å²) in [6.45, 7) is 1.07. The highest BCUT2D eigenvalue weighted by atomic mass is 32.2. The maximum absolute atomic E-state index is 12.8. The Kier molecular flexibility index (Phi) is 5.67. The van der Waals surface area contributed by atoms with E-state index in [0.717, 1.165) is 30.0 Å². The van der Waals surface area contributed by atoms with Crippen LogP contribution in [0.1, 0.15) is 25.7 Å². The van der Waals surface area contributed by atoms with Gasteiger partial charge in [-0.25, -0.2) is 4.39 Å². The van der Waals surface area contributed by atoms with E-state index in [1.165, 1.54) is 25.0 Å². The molecule has 0 spiro atoms. The minimum absolute atomic E-state index is 0.167. The van der Waals surface area contributed by atoms with Gasteiger partial charge in [0.1, 0.15) is 5.82 Å². The largest absolute Gasteiger partial charge is 0.328 e. The first-order chi connectivity index (χ1) is 9.15. The molecule has 0 amide bonds. The van der Waals surface area contributed by atoms with Crippen molar-refractivity contribution in [2.45, 2.75) is 42.7 Å². The SMILES string of the molecule is CN(CCSc1ccc(F)cc1)C1CCC(N)CC1. The van der Waals surface area contributed by atoms with Crippen molar-refractivity contribution in [3.63, 3.8) is 0 Å². The highest BCUT2D eigenvalue weighted by molar-refractivity contribution is 7.99. The van der Waals surface area contributed by atoms with Gasteiger partial charge in [0.15, 0.2) is 0 Å². The van der Waals surface area contributed by atoms with Gasteiger partial charge in [0.05, 0.1) is 0 Å². The molecule has 1 saturated carbocycles. The summed E-state index contributed by atoms with van der Waals surface area (Å²) in [5.74, 6) is 0.880. The average molecular weight is 282 g/mol. The van der Waals surface area contributed by atoms with Gasteiger partial charge >= 0.3 is 0 Å². The second-order valence-corrected chi connectivity index (χ2v) is 6.52. The summed E-state index contributed by atoms with van der Waals surface area (Å²) in [7, 11) is 2.20. The number of nitrogens with zero attached hydrogens (tertiary/aromatic N) is 1. The van der Waals surface area contributed by atoms with E-state index in [-0.39, 0.29) is 5.82 Å². The first kappa shape index (κ1) is 14.8. The van der Waals surface area contributed by atoms with Crippen LogP contribution in [0.5, 0.6) is 0 Å². The molecule has 0 radical (unpaired) electrons. The van der Waals surface area contributed by atoms with Crippen LogP contribution in [0.15, 0.2) is 29.2 Å². The Bertz CT molecular complexity index is 374. The van der Waals surface area contributed by atoms with Crippen LogP contribution in [-0.4, -0.2) is 36.3 Å². The second kappa shape index (κ2) is 7.27. The van der Waals surface area contributed by atoms with E-state index >= 15 is 0 Å². The molecule has 1 aromatic rings. The molecule has 2 nitrogen and oxygen atoms in total. The third-order valence-corrected chi connectivity index (χ3v) is 4.88. The minimum atomic E-state index is -0.167. The number of halogens is 1. The van der Waals surface area contributed by atoms with E-state index in [2.05, 4.69) is 11.9 Å². The second-order valence-electron chi connectivity index (χ2n) is 5.35. The molecule has 1 fully saturated rings. The molecule has 0 bridgehead atoms. The van der Waals surface area contributed by atoms with E-state index < -0.39 is 0 Å². The quantitative estimate of drug-likeness (QED) is 0.841. The molecule has 1 aromatic carbocycles. The van der Waals surface area contributed by atoms with Gasteiger partial charge in [0.25, 0.3) is 0 Å². The number of hydrogen-bond donors (Lipinski definition) is 1. The van der Waals surface area contributed by atoms with Crippen molar-refractivity contribution in [3.05, 3.63) is 30.1 Å². The number of nitrogens with two attached hydrogens (primary N) is 1. The fraction of sp³-hybridized carbons (Fsp3) is 0.600. The van der Waals surface area contributed by atoms with Crippen molar-refractivity contribution in [2.75, 3.05) is 19.3 Å². The third kappa shape index (κ3) is 4.79. The molecule has 0 saturated heterocycles. The van der Waals surface area contributed by atoms with E-state index in [9.17, 15) is 4.39 Å². The molecule has 1 aliphatic rings. The van der Waals surface area contributed by atoms with Gasteiger partial charge in [-0.1, -0.05) is 0 Å². The zero-order chi connectivity index (χ0) is 13.7. The number of benzene rings is 1. The average Bonchev–Trinajstić information content (AvgIpc) is 2.41. The summed E-state index contributed by atoms with van der Waals surface area (Å²) < 4.78 is 12.8. The molecule has 0 aliphatic heterocycles. The van der Waals surface area contributed by atoms with Crippen LogP contribution in [0.2, 0.25) is 0 Å². The normalized spacial score (nSPS) is 23.8. The van der Waals surface area contributed by atoms with Crippen molar-refractivity contribution in [1.82, 2.24) is 4.90 Å². The van der Waals surface area contributed by atoms with Crippen LogP contribution < -0.4 is 5.73 Å². The van der Waals surface area contributed by atoms with Gasteiger partial charge in [-0.05, 0) is 57.0 Å². The summed E-state index contributed by atoms with van der Waals surface area (Å²) in [6, 6.07) is 7.84. The van der Waals surface area contributed by atoms with Crippen molar-refractivity contribution in [3.8, 4) is 0 Å². The Balaban J connectivity index is 1.69. The monoisotopic (exact) mass is 282 g/mol. The molecule has 0 heterocycles. The summed E-state index contributed by atoms with van der Waals surface area (Å²) in [5.41, 5.74) is 5.93. The molecule has 0 unspecified atom stereocenters. The van der Waals surface area contributed by atoms with Crippen LogP contribution >= 0.6 is 11.8 Å². The van der Waals surface area contributed by atoms with E-state index in [1.807, 2.05) is 12.1 Å². The van der Waals surface area contributed by atoms with Gasteiger partial charge in [-0.3, -0.25) is 0 Å². The summed E-state index contributed by atoms with van der Waals surface area (Å²) in [6.07, 6.45) is 4.75. The van der Waals surface area contributed by atoms with Gasteiger partial charge in [0.2, 0.25) is 0 Å². The topological polar surface area (TPSA) is 29.3 Å². The molecule has 2 rings (SSSR count). The smallest absolute Gasteiger partial charge is 0.123 e. The summed E-state index contributed by atoms with van der Waals surface area (Å²) in [4.78, 5) is 3.59. The summed E-state index contributed by atoms with van der Waals surface area (Å²) >= 11 is 1.79. The fourth-order valence-electron chi connectivity index (χ4n) is 2.56. The maximum atomic E-state index is 12.8. The van der Waals surface area contributed by atoms with Gasteiger partial charge in [0, 0.05) is 29.3 Å². The lowest BCUT2D eigenvalue weighted by Gasteiger charge is -2.33. The Morgan fingerprint density at radius 3 is 2.47 bits per heavy atom. The van der Waals surface area contributed by atoms with E-state index in [0.29, 0.717) is 12.1 Å². The molecule has 19 heavy (non-hydrogen) atoms. The highest BCUT2D eigenvalue weighted by Crippen LogP contribution is 2.22. The lowest BCUT2D eigenvalue weighted by atomic mass is 9.91. The minimum Gasteiger partial charge on any atom is -0.328 e. The molecular formula is C15H23FN2S. The number of hydrogen-bond acceptors (Lipinski definition) is 3. The maximum Gasteiger partial charge on any atom is 0.123 e. The van der Waals surface area contributed by atoms with Crippen LogP contribution in [0, 0.1) is 5.82 Å². The highest BCUT2D eigenvalue weighted by Gasteiger charge is 2.21. The fourth-order valence-corrected chi connectivity index (χ4v) is 3.51. The van der Waals surface area contributed by atoms with Crippen molar-refractivity contribution in [1.29, 1.82) is 0 Å². The molecule has 0 atom stereocenters. The molecule has 1 aliphatic carbocycles. The Labute approximate surface area is 119 Å². The first-order valence-electron chi connectivity index (χ1n) is 6.99. The molecule has 2 N–H and O–H groups in total. The summed E-state index contributed by atoms with van der Waals surface area (Å²) in [5, 5.41) is 0. The standard InChI is InChI=1S/C15H23FN2S/c1-18(14-6-4-13(17)5-7-14)10-11-19-15-8-2-12(16)3-9-15/h2-3,8-9,13-14H,4-7,10-11,17H2,1H3. The zero-order valence-corrected chi connectivity index (χ0v) is 12.3. The van der Waals surface area contributed by atoms with Gasteiger partial charge < -0.3 is 10.6 Å². The Morgan fingerprint density at radius 1 is 1.21 bits per heavy atom. The van der Waals surface area contributed by atoms with Crippen molar-refractivity contribution < 1.29 is 4.39 Å². The third-order valence-electron chi connectivity index (χ3n) is 3.89. The Hall–Kier alpha value is -0.580. The first-order valence-corrected chi connectivity index (χ1v) is 7.98. The van der Waals surface area contributed by atoms with Crippen molar-refractivity contribution >= 4 is 11.8 Å². The number of thioether (sulfide) groups is 1. The van der Waals surface area contributed by atoms with Crippen LogP contribution in [0.25, 0.3) is 0 Å². The lowest BCUT2D eigenvalue weighted by Crippen LogP contribution is -2.39. The predicted octanol–water partition coefficient (Wildman–Crippen LogP) is 3.12. The molecule has 0 aromatic heterocycles. The van der Waals surface area contributed by atoms with Crippen molar-refractivity contribution in [2.24, 2.45) is 5.73 Å². The van der Waals surface area contributed by atoms with Gasteiger partial charge in [-0.2, -0.15) is 0 Å². The van der Waals surface area contributed by atoms with Crippen LogP contribution in [0.3, 0.4) is 0 Å². The van der Waals surface area contributed by atoms with E-state index in [1.54, 1.807) is 11.8 Å². The van der Waals surface area contributed by atoms with Crippen LogP contribution in [0.4, 0.5) is 4.39 Å². The van der Waals surface area contributed by atoms with Crippen LogP contribution in [-0.2, 0) is 0 Å².